The van der Waals surface area contributed by atoms with Gasteiger partial charge < -0.3 is 19.7 Å². The number of ether oxygens (including phenoxy) is 2. The molecule has 150 valence electrons. The van der Waals surface area contributed by atoms with Crippen LogP contribution in [0.25, 0.3) is 0 Å². The minimum absolute atomic E-state index is 0.176. The van der Waals surface area contributed by atoms with Crippen LogP contribution in [-0.2, 0) is 23.9 Å². The van der Waals surface area contributed by atoms with Crippen LogP contribution in [0.5, 0.6) is 0 Å². The Morgan fingerprint density at radius 2 is 2.10 bits per heavy atom. The average Bonchev–Trinajstić information content (AvgIpc) is 2.95. The van der Waals surface area contributed by atoms with Crippen molar-refractivity contribution in [1.82, 2.24) is 0 Å². The zero-order valence-electron chi connectivity index (χ0n) is 15.8. The number of Topliss-reactive ketones (excluding diaryl/α,β-unsaturated/α-hetero) is 1. The standard InChI is InChI=1S/C22H20O7/c1-3-4-5-6-7-14(24)10-18(25)19-17-9-13-8-15(11-23)28-12-16(13)20(26)22(17,2)29-21(19)27/h3-7,9-10,12,15,23,25H,1,8,11H2,2H3/b5-4+,7-6+,18-10-/t15-,22-/m0/s1. The van der Waals surface area contributed by atoms with Gasteiger partial charge in [0.15, 0.2) is 11.4 Å². The molecule has 0 spiro atoms. The molecule has 1 aliphatic carbocycles. The van der Waals surface area contributed by atoms with Crippen molar-refractivity contribution in [3.05, 3.63) is 83.4 Å². The molecule has 3 rings (SSSR count). The molecule has 0 saturated heterocycles. The van der Waals surface area contributed by atoms with Gasteiger partial charge in [-0.2, -0.15) is 0 Å². The molecule has 7 nitrogen and oxygen atoms in total. The fourth-order valence-corrected chi connectivity index (χ4v) is 3.33. The molecule has 29 heavy (non-hydrogen) atoms. The number of hydrogen-bond donors (Lipinski definition) is 2. The molecule has 0 radical (unpaired) electrons. The SMILES string of the molecule is C=C/C=C/C=C/C(=O)/C=C(\O)C1=C2C=C3C[C@@H](CO)OC=C3C(=O)[C@@]2(C)OC1=O. The summed E-state index contributed by atoms with van der Waals surface area (Å²) >= 11 is 0. The van der Waals surface area contributed by atoms with Crippen LogP contribution in [0.15, 0.2) is 83.4 Å². The van der Waals surface area contributed by atoms with Crippen LogP contribution in [0, 0.1) is 0 Å². The van der Waals surface area contributed by atoms with Crippen molar-refractivity contribution in [3.63, 3.8) is 0 Å². The van der Waals surface area contributed by atoms with E-state index in [4.69, 9.17) is 9.47 Å². The van der Waals surface area contributed by atoms with Crippen molar-refractivity contribution in [2.75, 3.05) is 6.61 Å². The predicted molar refractivity (Wildman–Crippen MR) is 103 cm³/mol. The first kappa shape index (κ1) is 20.3. The van der Waals surface area contributed by atoms with E-state index in [2.05, 4.69) is 6.58 Å². The molecule has 2 atom stereocenters. The molecule has 3 aliphatic rings. The van der Waals surface area contributed by atoms with Gasteiger partial charge in [0.05, 0.1) is 18.4 Å². The van der Waals surface area contributed by atoms with Gasteiger partial charge in [0.25, 0.3) is 0 Å². The van der Waals surface area contributed by atoms with Gasteiger partial charge in [0.1, 0.15) is 17.4 Å². The summed E-state index contributed by atoms with van der Waals surface area (Å²) < 4.78 is 10.6. The van der Waals surface area contributed by atoms with Crippen molar-refractivity contribution < 1.29 is 34.1 Å². The van der Waals surface area contributed by atoms with Crippen molar-refractivity contribution in [2.45, 2.75) is 25.0 Å². The second-order valence-electron chi connectivity index (χ2n) is 6.80. The van der Waals surface area contributed by atoms with Crippen LogP contribution in [0.4, 0.5) is 0 Å². The highest BCUT2D eigenvalue weighted by molar-refractivity contribution is 6.15. The lowest BCUT2D eigenvalue weighted by Crippen LogP contribution is -2.43. The maximum absolute atomic E-state index is 12.9. The van der Waals surface area contributed by atoms with E-state index in [0.717, 1.165) is 6.08 Å². The number of ketones is 2. The lowest BCUT2D eigenvalue weighted by Gasteiger charge is -2.33. The third kappa shape index (κ3) is 3.64. The highest BCUT2D eigenvalue weighted by Crippen LogP contribution is 2.45. The van der Waals surface area contributed by atoms with Gasteiger partial charge in [-0.05, 0) is 24.6 Å². The molecule has 2 N–H and O–H groups in total. The van der Waals surface area contributed by atoms with Gasteiger partial charge in [-0.3, -0.25) is 9.59 Å². The zero-order chi connectivity index (χ0) is 21.2. The number of hydrogen-bond acceptors (Lipinski definition) is 7. The van der Waals surface area contributed by atoms with Gasteiger partial charge in [-0.1, -0.05) is 30.9 Å². The molecule has 7 heteroatoms. The third-order valence-corrected chi connectivity index (χ3v) is 4.81. The summed E-state index contributed by atoms with van der Waals surface area (Å²) in [5, 5.41) is 19.7. The highest BCUT2D eigenvalue weighted by Gasteiger charge is 2.54. The maximum atomic E-state index is 12.9. The summed E-state index contributed by atoms with van der Waals surface area (Å²) in [6.45, 7) is 4.69. The molecule has 0 aromatic rings. The number of allylic oxidation sites excluding steroid dienone is 6. The molecule has 2 aliphatic heterocycles. The first-order valence-electron chi connectivity index (χ1n) is 8.93. The summed E-state index contributed by atoms with van der Waals surface area (Å²) in [6, 6.07) is 0. The number of carbonyl (C=O) groups is 3. The largest absolute Gasteiger partial charge is 0.507 e. The van der Waals surface area contributed by atoms with Gasteiger partial charge in [0.2, 0.25) is 5.78 Å². The molecule has 0 unspecified atom stereocenters. The van der Waals surface area contributed by atoms with Crippen LogP contribution in [0.2, 0.25) is 0 Å². The molecular formula is C22H20O7. The average molecular weight is 396 g/mol. The Kier molecular flexibility index (Phi) is 5.52. The van der Waals surface area contributed by atoms with Crippen LogP contribution in [-0.4, -0.2) is 46.1 Å². The van der Waals surface area contributed by atoms with Crippen molar-refractivity contribution in [1.29, 1.82) is 0 Å². The molecule has 2 heterocycles. The Morgan fingerprint density at radius 3 is 2.79 bits per heavy atom. The fourth-order valence-electron chi connectivity index (χ4n) is 3.33. The molecule has 0 bridgehead atoms. The second kappa shape index (κ2) is 7.89. The Bertz CT molecular complexity index is 971. The van der Waals surface area contributed by atoms with E-state index in [1.165, 1.54) is 31.4 Å². The molecule has 0 aromatic carbocycles. The van der Waals surface area contributed by atoms with E-state index >= 15 is 0 Å². The van der Waals surface area contributed by atoms with Gasteiger partial charge in [-0.25, -0.2) is 4.79 Å². The first-order chi connectivity index (χ1) is 13.8. The number of rotatable bonds is 6. The number of carbonyl (C=O) groups excluding carboxylic acids is 3. The van der Waals surface area contributed by atoms with Gasteiger partial charge >= 0.3 is 5.97 Å². The monoisotopic (exact) mass is 396 g/mol. The smallest absolute Gasteiger partial charge is 0.343 e. The summed E-state index contributed by atoms with van der Waals surface area (Å²) in [7, 11) is 0. The quantitative estimate of drug-likeness (QED) is 0.306. The minimum Gasteiger partial charge on any atom is -0.507 e. The Morgan fingerprint density at radius 1 is 1.34 bits per heavy atom. The highest BCUT2D eigenvalue weighted by atomic mass is 16.6. The normalized spacial score (nSPS) is 26.7. The second-order valence-corrected chi connectivity index (χ2v) is 6.80. The number of aliphatic hydroxyl groups is 2. The van der Waals surface area contributed by atoms with Crippen LogP contribution >= 0.6 is 0 Å². The molecule has 0 aromatic heterocycles. The summed E-state index contributed by atoms with van der Waals surface area (Å²) in [5.41, 5.74) is -0.855. The van der Waals surface area contributed by atoms with Crippen molar-refractivity contribution >= 4 is 17.5 Å². The topological polar surface area (TPSA) is 110 Å². The van der Waals surface area contributed by atoms with Crippen molar-refractivity contribution in [2.24, 2.45) is 0 Å². The van der Waals surface area contributed by atoms with Crippen LogP contribution in [0.3, 0.4) is 0 Å². The third-order valence-electron chi connectivity index (χ3n) is 4.81. The first-order valence-corrected chi connectivity index (χ1v) is 8.93. The van der Waals surface area contributed by atoms with E-state index < -0.39 is 35.0 Å². The summed E-state index contributed by atoms with van der Waals surface area (Å²) in [4.78, 5) is 37.4. The molecule has 0 fully saturated rings. The zero-order valence-corrected chi connectivity index (χ0v) is 15.8. The molecule has 0 amide bonds. The van der Waals surface area contributed by atoms with E-state index in [9.17, 15) is 24.6 Å². The van der Waals surface area contributed by atoms with Crippen molar-refractivity contribution in [3.8, 4) is 0 Å². The lowest BCUT2D eigenvalue weighted by molar-refractivity contribution is -0.152. The fraction of sp³-hybridized carbons (Fsp3) is 0.227. The van der Waals surface area contributed by atoms with Gasteiger partial charge in [-0.15, -0.1) is 0 Å². The van der Waals surface area contributed by atoms with E-state index in [0.29, 0.717) is 5.57 Å². The van der Waals surface area contributed by atoms with Crippen LogP contribution < -0.4 is 0 Å². The minimum atomic E-state index is -1.62. The number of fused-ring (bicyclic) bond motifs is 2. The van der Waals surface area contributed by atoms with Crippen LogP contribution in [0.1, 0.15) is 13.3 Å². The Labute approximate surface area is 167 Å². The lowest BCUT2D eigenvalue weighted by atomic mass is 9.76. The molecule has 0 saturated carbocycles. The summed E-state index contributed by atoms with van der Waals surface area (Å²) in [6.07, 6.45) is 10.9. The Hall–Kier alpha value is -3.45. The number of aliphatic hydroxyl groups excluding tert-OH is 2. The number of esters is 1. The molecular weight excluding hydrogens is 376 g/mol. The van der Waals surface area contributed by atoms with E-state index in [-0.39, 0.29) is 29.7 Å². The summed E-state index contributed by atoms with van der Waals surface area (Å²) in [5.74, 6) is -2.52. The van der Waals surface area contributed by atoms with Gasteiger partial charge in [0, 0.05) is 18.1 Å². The van der Waals surface area contributed by atoms with E-state index in [1.54, 1.807) is 18.2 Å². The van der Waals surface area contributed by atoms with E-state index in [1.807, 2.05) is 0 Å². The Balaban J connectivity index is 2.03. The predicted octanol–water partition coefficient (Wildman–Crippen LogP) is 2.08. The maximum Gasteiger partial charge on any atom is 0.343 e.